The van der Waals surface area contributed by atoms with Gasteiger partial charge in [0, 0.05) is 35.3 Å². The molecule has 4 aromatic rings. The Hall–Kier alpha value is -3.93. The summed E-state index contributed by atoms with van der Waals surface area (Å²) in [5.74, 6) is 1.17. The fourth-order valence-corrected chi connectivity index (χ4v) is 4.38. The highest BCUT2D eigenvalue weighted by Gasteiger charge is 2.45. The van der Waals surface area contributed by atoms with Gasteiger partial charge in [0.25, 0.3) is 0 Å². The SMILES string of the molecule is COc1cc2c(cc1OCCc1ccc3ccccc3n1)N(c1cccnc1)C(C)(C)C2=O. The molecule has 2 aromatic heterocycles. The molecule has 0 radical (unpaired) electrons. The molecule has 0 amide bonds. The molecule has 166 valence electrons. The van der Waals surface area contributed by atoms with E-state index in [1.807, 2.05) is 61.2 Å². The minimum Gasteiger partial charge on any atom is -0.493 e. The molecule has 0 aliphatic carbocycles. The minimum atomic E-state index is -0.746. The first kappa shape index (κ1) is 20.9. The molecule has 3 heterocycles. The lowest BCUT2D eigenvalue weighted by Gasteiger charge is -2.32. The van der Waals surface area contributed by atoms with Gasteiger partial charge >= 0.3 is 0 Å². The van der Waals surface area contributed by atoms with Crippen LogP contribution in [-0.4, -0.2) is 35.0 Å². The van der Waals surface area contributed by atoms with Crippen LogP contribution in [0.15, 0.2) is 73.1 Å². The number of fused-ring (bicyclic) bond motifs is 2. The van der Waals surface area contributed by atoms with Gasteiger partial charge in [-0.25, -0.2) is 0 Å². The van der Waals surface area contributed by atoms with Gasteiger partial charge < -0.3 is 14.4 Å². The summed E-state index contributed by atoms with van der Waals surface area (Å²) in [5, 5.41) is 1.12. The number of hydrogen-bond donors (Lipinski definition) is 0. The molecule has 5 rings (SSSR count). The molecule has 33 heavy (non-hydrogen) atoms. The zero-order chi connectivity index (χ0) is 23.0. The molecular formula is C27H25N3O3. The quantitative estimate of drug-likeness (QED) is 0.402. The van der Waals surface area contributed by atoms with Crippen molar-refractivity contribution in [1.29, 1.82) is 0 Å². The maximum Gasteiger partial charge on any atom is 0.190 e. The third-order valence-corrected chi connectivity index (χ3v) is 6.06. The number of hydrogen-bond acceptors (Lipinski definition) is 6. The normalized spacial score (nSPS) is 14.4. The van der Waals surface area contributed by atoms with Crippen molar-refractivity contribution in [2.75, 3.05) is 18.6 Å². The van der Waals surface area contributed by atoms with Crippen molar-refractivity contribution in [3.63, 3.8) is 0 Å². The van der Waals surface area contributed by atoms with Gasteiger partial charge in [-0.3, -0.25) is 14.8 Å². The summed E-state index contributed by atoms with van der Waals surface area (Å²) in [6, 6.07) is 19.6. The molecule has 0 saturated carbocycles. The summed E-state index contributed by atoms with van der Waals surface area (Å²) < 4.78 is 11.7. The number of benzene rings is 2. The number of nitrogens with zero attached hydrogens (tertiary/aromatic N) is 3. The average molecular weight is 440 g/mol. The van der Waals surface area contributed by atoms with Gasteiger partial charge in [-0.15, -0.1) is 0 Å². The summed E-state index contributed by atoms with van der Waals surface area (Å²) in [7, 11) is 1.59. The maximum atomic E-state index is 13.2. The lowest BCUT2D eigenvalue weighted by molar-refractivity contribution is 0.0929. The van der Waals surface area contributed by atoms with Gasteiger partial charge in [-0.05, 0) is 44.2 Å². The second-order valence-electron chi connectivity index (χ2n) is 8.55. The van der Waals surface area contributed by atoms with E-state index in [9.17, 15) is 4.79 Å². The zero-order valence-corrected chi connectivity index (χ0v) is 18.9. The van der Waals surface area contributed by atoms with Crippen LogP contribution in [0.1, 0.15) is 29.9 Å². The van der Waals surface area contributed by atoms with E-state index in [-0.39, 0.29) is 5.78 Å². The van der Waals surface area contributed by atoms with Crippen LogP contribution in [-0.2, 0) is 6.42 Å². The number of ether oxygens (including phenoxy) is 2. The zero-order valence-electron chi connectivity index (χ0n) is 18.9. The number of Topliss-reactive ketones (excluding diaryl/α,β-unsaturated/α-hetero) is 1. The second-order valence-corrected chi connectivity index (χ2v) is 8.55. The lowest BCUT2D eigenvalue weighted by atomic mass is 9.97. The molecule has 1 aliphatic rings. The van der Waals surface area contributed by atoms with E-state index in [0.29, 0.717) is 30.1 Å². The molecule has 1 aliphatic heterocycles. The Morgan fingerprint density at radius 3 is 2.64 bits per heavy atom. The number of pyridine rings is 2. The van der Waals surface area contributed by atoms with Gasteiger partial charge in [0.05, 0.1) is 36.8 Å². The van der Waals surface area contributed by atoms with Crippen molar-refractivity contribution >= 4 is 28.1 Å². The van der Waals surface area contributed by atoms with Crippen LogP contribution in [0.25, 0.3) is 10.9 Å². The first-order valence-electron chi connectivity index (χ1n) is 10.9. The Balaban J connectivity index is 1.43. The number of para-hydroxylation sites is 1. The van der Waals surface area contributed by atoms with E-state index < -0.39 is 5.54 Å². The molecule has 0 bridgehead atoms. The van der Waals surface area contributed by atoms with Gasteiger partial charge in [-0.1, -0.05) is 24.3 Å². The first-order chi connectivity index (χ1) is 16.0. The number of carbonyl (C=O) groups is 1. The summed E-state index contributed by atoms with van der Waals surface area (Å²) >= 11 is 0. The van der Waals surface area contributed by atoms with E-state index in [1.165, 1.54) is 0 Å². The van der Waals surface area contributed by atoms with Crippen molar-refractivity contribution in [1.82, 2.24) is 9.97 Å². The van der Waals surface area contributed by atoms with E-state index in [0.717, 1.165) is 28.0 Å². The Morgan fingerprint density at radius 2 is 1.85 bits per heavy atom. The highest BCUT2D eigenvalue weighted by atomic mass is 16.5. The number of methoxy groups -OCH3 is 1. The van der Waals surface area contributed by atoms with Crippen molar-refractivity contribution < 1.29 is 14.3 Å². The maximum absolute atomic E-state index is 13.2. The molecule has 6 heteroatoms. The predicted molar refractivity (Wildman–Crippen MR) is 129 cm³/mol. The van der Waals surface area contributed by atoms with Crippen LogP contribution in [0.2, 0.25) is 0 Å². The van der Waals surface area contributed by atoms with Gasteiger partial charge in [0.1, 0.15) is 5.54 Å². The van der Waals surface area contributed by atoms with E-state index in [4.69, 9.17) is 14.5 Å². The van der Waals surface area contributed by atoms with Gasteiger partial charge in [0.15, 0.2) is 17.3 Å². The summed E-state index contributed by atoms with van der Waals surface area (Å²) in [4.78, 5) is 24.2. The monoisotopic (exact) mass is 439 g/mol. The van der Waals surface area contributed by atoms with Crippen LogP contribution >= 0.6 is 0 Å². The molecular weight excluding hydrogens is 414 g/mol. The smallest absolute Gasteiger partial charge is 0.190 e. The Bertz CT molecular complexity index is 1340. The van der Waals surface area contributed by atoms with Crippen LogP contribution < -0.4 is 14.4 Å². The average Bonchev–Trinajstić information content (AvgIpc) is 3.03. The molecule has 0 spiro atoms. The largest absolute Gasteiger partial charge is 0.493 e. The fourth-order valence-electron chi connectivity index (χ4n) is 4.38. The summed E-state index contributed by atoms with van der Waals surface area (Å²) in [5.41, 5.74) is 3.44. The van der Waals surface area contributed by atoms with E-state index in [2.05, 4.69) is 17.1 Å². The highest BCUT2D eigenvalue weighted by molar-refractivity contribution is 6.15. The molecule has 0 saturated heterocycles. The molecule has 0 atom stereocenters. The number of aromatic nitrogens is 2. The van der Waals surface area contributed by atoms with Crippen LogP contribution in [0.4, 0.5) is 11.4 Å². The molecule has 0 unspecified atom stereocenters. The molecule has 0 N–H and O–H groups in total. The molecule has 2 aromatic carbocycles. The second kappa shape index (κ2) is 8.20. The van der Waals surface area contributed by atoms with Crippen LogP contribution in [0.3, 0.4) is 0 Å². The third-order valence-electron chi connectivity index (χ3n) is 6.06. The number of anilines is 2. The Labute approximate surface area is 192 Å². The highest BCUT2D eigenvalue weighted by Crippen LogP contribution is 2.47. The minimum absolute atomic E-state index is 0.0339. The summed E-state index contributed by atoms with van der Waals surface area (Å²) in [6.45, 7) is 4.27. The van der Waals surface area contributed by atoms with Crippen molar-refractivity contribution in [2.24, 2.45) is 0 Å². The van der Waals surface area contributed by atoms with E-state index in [1.54, 1.807) is 25.6 Å². The van der Waals surface area contributed by atoms with E-state index >= 15 is 0 Å². The number of rotatable bonds is 6. The first-order valence-corrected chi connectivity index (χ1v) is 10.9. The van der Waals surface area contributed by atoms with Crippen LogP contribution in [0, 0.1) is 0 Å². The topological polar surface area (TPSA) is 64.6 Å². The van der Waals surface area contributed by atoms with Crippen molar-refractivity contribution in [2.45, 2.75) is 25.8 Å². The van der Waals surface area contributed by atoms with Crippen molar-refractivity contribution in [3.05, 3.63) is 84.3 Å². The number of ketones is 1. The molecule has 6 nitrogen and oxygen atoms in total. The molecule has 0 fully saturated rings. The summed E-state index contributed by atoms with van der Waals surface area (Å²) in [6.07, 6.45) is 4.14. The van der Waals surface area contributed by atoms with Gasteiger partial charge in [-0.2, -0.15) is 0 Å². The Kier molecular flexibility index (Phi) is 5.21. The number of carbonyl (C=O) groups excluding carboxylic acids is 1. The third kappa shape index (κ3) is 3.67. The Morgan fingerprint density at radius 1 is 1.00 bits per heavy atom. The lowest BCUT2D eigenvalue weighted by Crippen LogP contribution is -2.41. The van der Waals surface area contributed by atoms with Crippen LogP contribution in [0.5, 0.6) is 11.5 Å². The van der Waals surface area contributed by atoms with Gasteiger partial charge in [0.2, 0.25) is 0 Å². The predicted octanol–water partition coefficient (Wildman–Crippen LogP) is 5.37. The van der Waals surface area contributed by atoms with Crippen molar-refractivity contribution in [3.8, 4) is 11.5 Å². The fraction of sp³-hybridized carbons (Fsp3) is 0.222. The standard InChI is InChI=1S/C27H25N3O3/c1-27(2)26(31)21-15-24(32-3)25(16-23(21)30(27)20-8-6-13-28-17-20)33-14-12-19-11-10-18-7-4-5-9-22(18)29-19/h4-11,13,15-17H,12,14H2,1-3H3.